The molecule has 1 saturated heterocycles. The number of hydrogen-bond donors (Lipinski definition) is 1. The Balaban J connectivity index is 2.54. The number of carbonyl (C=O) groups is 1. The van der Waals surface area contributed by atoms with Gasteiger partial charge in [0.2, 0.25) is 5.91 Å². The van der Waals surface area contributed by atoms with Crippen LogP contribution in [-0.2, 0) is 4.79 Å². The van der Waals surface area contributed by atoms with Gasteiger partial charge in [0.25, 0.3) is 0 Å². The molecule has 1 N–H and O–H groups in total. The van der Waals surface area contributed by atoms with Crippen LogP contribution in [0.1, 0.15) is 20.8 Å². The molecule has 0 aromatic rings. The lowest BCUT2D eigenvalue weighted by Crippen LogP contribution is -2.38. The maximum Gasteiger partial charge on any atom is 0.227 e. The molecule has 76 valence electrons. The maximum absolute atomic E-state index is 11.9. The van der Waals surface area contributed by atoms with E-state index in [2.05, 4.69) is 12.2 Å². The van der Waals surface area contributed by atoms with Crippen LogP contribution in [-0.4, -0.2) is 37.0 Å². The molecule has 0 aromatic carbocycles. The molecular formula is C10H20N2O. The molecule has 13 heavy (non-hydrogen) atoms. The van der Waals surface area contributed by atoms with Gasteiger partial charge < -0.3 is 10.2 Å². The first kappa shape index (κ1) is 10.5. The van der Waals surface area contributed by atoms with Crippen LogP contribution < -0.4 is 5.32 Å². The maximum atomic E-state index is 11.9. The highest BCUT2D eigenvalue weighted by Gasteiger charge is 2.31. The minimum absolute atomic E-state index is 0.208. The normalized spacial score (nSPS) is 27.6. The van der Waals surface area contributed by atoms with Crippen molar-refractivity contribution in [2.45, 2.75) is 20.8 Å². The summed E-state index contributed by atoms with van der Waals surface area (Å²) in [6.45, 7) is 9.72. The third-order valence-corrected chi connectivity index (χ3v) is 2.91. The molecular weight excluding hydrogens is 164 g/mol. The van der Waals surface area contributed by atoms with E-state index >= 15 is 0 Å². The summed E-state index contributed by atoms with van der Waals surface area (Å²) in [4.78, 5) is 13.8. The van der Waals surface area contributed by atoms with Crippen molar-refractivity contribution in [3.63, 3.8) is 0 Å². The highest BCUT2D eigenvalue weighted by molar-refractivity contribution is 5.79. The predicted octanol–water partition coefficient (Wildman–Crippen LogP) is 0.710. The van der Waals surface area contributed by atoms with E-state index in [0.29, 0.717) is 11.8 Å². The summed E-state index contributed by atoms with van der Waals surface area (Å²) in [5.74, 6) is 1.02. The van der Waals surface area contributed by atoms with E-state index in [1.54, 1.807) is 0 Å². The lowest BCUT2D eigenvalue weighted by Gasteiger charge is -2.24. The van der Waals surface area contributed by atoms with Gasteiger partial charge in [0.05, 0.1) is 5.92 Å². The molecule has 2 unspecified atom stereocenters. The van der Waals surface area contributed by atoms with Crippen LogP contribution in [0.15, 0.2) is 0 Å². The zero-order valence-electron chi connectivity index (χ0n) is 8.84. The van der Waals surface area contributed by atoms with Crippen LogP contribution in [0.4, 0.5) is 0 Å². The first-order valence-electron chi connectivity index (χ1n) is 5.20. The van der Waals surface area contributed by atoms with Crippen LogP contribution in [0, 0.1) is 11.8 Å². The third kappa shape index (κ3) is 2.21. The Labute approximate surface area is 80.5 Å². The fourth-order valence-corrected chi connectivity index (χ4v) is 1.91. The second-order valence-electron chi connectivity index (χ2n) is 3.75. The molecule has 0 saturated carbocycles. The largest absolute Gasteiger partial charge is 0.343 e. The Kier molecular flexibility index (Phi) is 3.72. The summed E-state index contributed by atoms with van der Waals surface area (Å²) in [6, 6.07) is 0. The Morgan fingerprint density at radius 1 is 1.38 bits per heavy atom. The molecule has 2 atom stereocenters. The Morgan fingerprint density at radius 2 is 2.00 bits per heavy atom. The molecule has 1 aliphatic rings. The topological polar surface area (TPSA) is 32.3 Å². The summed E-state index contributed by atoms with van der Waals surface area (Å²) in [5, 5.41) is 3.26. The first-order valence-corrected chi connectivity index (χ1v) is 5.20. The second kappa shape index (κ2) is 4.61. The van der Waals surface area contributed by atoms with Gasteiger partial charge in [-0.25, -0.2) is 0 Å². The van der Waals surface area contributed by atoms with E-state index in [1.165, 1.54) is 0 Å². The van der Waals surface area contributed by atoms with E-state index in [9.17, 15) is 4.79 Å². The summed E-state index contributed by atoms with van der Waals surface area (Å²) in [6.07, 6.45) is 0. The van der Waals surface area contributed by atoms with Crippen LogP contribution >= 0.6 is 0 Å². The van der Waals surface area contributed by atoms with E-state index in [-0.39, 0.29) is 5.92 Å². The molecule has 3 nitrogen and oxygen atoms in total. The minimum Gasteiger partial charge on any atom is -0.343 e. The van der Waals surface area contributed by atoms with Crippen LogP contribution in [0.25, 0.3) is 0 Å². The summed E-state index contributed by atoms with van der Waals surface area (Å²) < 4.78 is 0. The van der Waals surface area contributed by atoms with Crippen LogP contribution in [0.2, 0.25) is 0 Å². The molecule has 1 fully saturated rings. The molecule has 0 aliphatic carbocycles. The third-order valence-electron chi connectivity index (χ3n) is 2.91. The average molecular weight is 184 g/mol. The SMILES string of the molecule is CCN(CC)C(=O)C1CNCC1C. The molecule has 1 heterocycles. The second-order valence-corrected chi connectivity index (χ2v) is 3.75. The summed E-state index contributed by atoms with van der Waals surface area (Å²) >= 11 is 0. The van der Waals surface area contributed by atoms with E-state index in [1.807, 2.05) is 18.7 Å². The molecule has 1 rings (SSSR count). The molecule has 1 amide bonds. The molecule has 3 heteroatoms. The van der Waals surface area contributed by atoms with Gasteiger partial charge in [-0.15, -0.1) is 0 Å². The summed E-state index contributed by atoms with van der Waals surface area (Å²) in [5.41, 5.74) is 0. The van der Waals surface area contributed by atoms with Gasteiger partial charge in [0, 0.05) is 19.6 Å². The lowest BCUT2D eigenvalue weighted by molar-refractivity contribution is -0.135. The number of hydrogen-bond acceptors (Lipinski definition) is 2. The van der Waals surface area contributed by atoms with Crippen molar-refractivity contribution < 1.29 is 4.79 Å². The molecule has 0 bridgehead atoms. The van der Waals surface area contributed by atoms with Crippen molar-refractivity contribution in [1.82, 2.24) is 10.2 Å². The number of carbonyl (C=O) groups excluding carboxylic acids is 1. The lowest BCUT2D eigenvalue weighted by atomic mass is 9.96. The number of amides is 1. The zero-order chi connectivity index (χ0) is 9.84. The molecule has 0 aromatic heterocycles. The quantitative estimate of drug-likeness (QED) is 0.700. The predicted molar refractivity (Wildman–Crippen MR) is 53.5 cm³/mol. The highest BCUT2D eigenvalue weighted by atomic mass is 16.2. The fraction of sp³-hybridized carbons (Fsp3) is 0.900. The van der Waals surface area contributed by atoms with Crippen molar-refractivity contribution in [2.75, 3.05) is 26.2 Å². The zero-order valence-corrected chi connectivity index (χ0v) is 8.84. The summed E-state index contributed by atoms with van der Waals surface area (Å²) in [7, 11) is 0. The Hall–Kier alpha value is -0.570. The van der Waals surface area contributed by atoms with Crippen LogP contribution in [0.5, 0.6) is 0 Å². The number of nitrogens with zero attached hydrogens (tertiary/aromatic N) is 1. The van der Waals surface area contributed by atoms with Crippen LogP contribution in [0.3, 0.4) is 0 Å². The fourth-order valence-electron chi connectivity index (χ4n) is 1.91. The minimum atomic E-state index is 0.208. The smallest absolute Gasteiger partial charge is 0.227 e. The van der Waals surface area contributed by atoms with Gasteiger partial charge in [0.15, 0.2) is 0 Å². The highest BCUT2D eigenvalue weighted by Crippen LogP contribution is 2.18. The van der Waals surface area contributed by atoms with Gasteiger partial charge in [-0.05, 0) is 26.3 Å². The monoisotopic (exact) mass is 184 g/mol. The van der Waals surface area contributed by atoms with Crippen molar-refractivity contribution in [3.05, 3.63) is 0 Å². The molecule has 0 radical (unpaired) electrons. The number of rotatable bonds is 3. The molecule has 1 aliphatic heterocycles. The Morgan fingerprint density at radius 3 is 2.38 bits per heavy atom. The van der Waals surface area contributed by atoms with Crippen molar-refractivity contribution in [3.8, 4) is 0 Å². The van der Waals surface area contributed by atoms with Gasteiger partial charge in [-0.3, -0.25) is 4.79 Å². The van der Waals surface area contributed by atoms with E-state index in [0.717, 1.165) is 26.2 Å². The van der Waals surface area contributed by atoms with Gasteiger partial charge >= 0.3 is 0 Å². The van der Waals surface area contributed by atoms with Crippen molar-refractivity contribution in [1.29, 1.82) is 0 Å². The van der Waals surface area contributed by atoms with E-state index in [4.69, 9.17) is 0 Å². The molecule has 0 spiro atoms. The average Bonchev–Trinajstić information content (AvgIpc) is 2.53. The van der Waals surface area contributed by atoms with Crippen molar-refractivity contribution in [2.24, 2.45) is 11.8 Å². The number of nitrogens with one attached hydrogen (secondary N) is 1. The van der Waals surface area contributed by atoms with E-state index < -0.39 is 0 Å². The van der Waals surface area contributed by atoms with Crippen molar-refractivity contribution >= 4 is 5.91 Å². The standard InChI is InChI=1S/C10H20N2O/c1-4-12(5-2)10(13)9-7-11-6-8(9)3/h8-9,11H,4-7H2,1-3H3. The first-order chi connectivity index (χ1) is 6.20. The van der Waals surface area contributed by atoms with Gasteiger partial charge in [-0.2, -0.15) is 0 Å². The van der Waals surface area contributed by atoms with Gasteiger partial charge in [0.1, 0.15) is 0 Å². The van der Waals surface area contributed by atoms with Gasteiger partial charge in [-0.1, -0.05) is 6.92 Å². The Bertz CT molecular complexity index is 178.